The summed E-state index contributed by atoms with van der Waals surface area (Å²) in [6.07, 6.45) is 3.16. The molecule has 1 N–H and O–H groups in total. The number of aromatic nitrogens is 4. The minimum absolute atomic E-state index is 0.205. The molecule has 8 nitrogen and oxygen atoms in total. The number of ether oxygens (including phenoxy) is 1. The number of hydrogen-bond acceptors (Lipinski definition) is 6. The van der Waals surface area contributed by atoms with Gasteiger partial charge in [0.25, 0.3) is 0 Å². The normalized spacial score (nSPS) is 11.4. The van der Waals surface area contributed by atoms with Crippen LogP contribution in [0.25, 0.3) is 5.82 Å². The van der Waals surface area contributed by atoms with Crippen LogP contribution >= 0.6 is 0 Å². The fourth-order valence-electron chi connectivity index (χ4n) is 2.29. The van der Waals surface area contributed by atoms with Crippen molar-refractivity contribution in [3.63, 3.8) is 0 Å². The highest BCUT2D eigenvalue weighted by Gasteiger charge is 2.13. The van der Waals surface area contributed by atoms with Crippen molar-refractivity contribution in [3.05, 3.63) is 66.4 Å². The Morgan fingerprint density at radius 1 is 1.12 bits per heavy atom. The van der Waals surface area contributed by atoms with E-state index in [0.29, 0.717) is 23.9 Å². The first-order valence-corrected chi connectivity index (χ1v) is 9.89. The van der Waals surface area contributed by atoms with Crippen molar-refractivity contribution in [1.82, 2.24) is 24.5 Å². The van der Waals surface area contributed by atoms with E-state index in [-0.39, 0.29) is 13.2 Å². The van der Waals surface area contributed by atoms with Gasteiger partial charge in [-0.1, -0.05) is 24.3 Å². The van der Waals surface area contributed by atoms with Crippen molar-refractivity contribution in [2.75, 3.05) is 12.8 Å². The van der Waals surface area contributed by atoms with Gasteiger partial charge in [0, 0.05) is 19.2 Å². The molecule has 0 fully saturated rings. The van der Waals surface area contributed by atoms with Crippen molar-refractivity contribution in [2.24, 2.45) is 0 Å². The quantitative estimate of drug-likeness (QED) is 0.640. The lowest BCUT2D eigenvalue weighted by atomic mass is 10.3. The monoisotopic (exact) mass is 373 g/mol. The van der Waals surface area contributed by atoms with E-state index in [1.54, 1.807) is 10.9 Å². The van der Waals surface area contributed by atoms with Crippen molar-refractivity contribution in [1.29, 1.82) is 0 Å². The predicted octanol–water partition coefficient (Wildman–Crippen LogP) is 1.33. The van der Waals surface area contributed by atoms with E-state index in [4.69, 9.17) is 4.74 Å². The van der Waals surface area contributed by atoms with Gasteiger partial charge in [0.05, 0.1) is 6.26 Å². The van der Waals surface area contributed by atoms with Gasteiger partial charge in [-0.05, 0) is 24.3 Å². The maximum absolute atomic E-state index is 11.3. The maximum atomic E-state index is 11.3. The lowest BCUT2D eigenvalue weighted by Crippen LogP contribution is -2.25. The minimum atomic E-state index is -3.26. The molecule has 0 unspecified atom stereocenters. The molecule has 0 radical (unpaired) electrons. The highest BCUT2D eigenvalue weighted by molar-refractivity contribution is 7.88. The lowest BCUT2D eigenvalue weighted by molar-refractivity contribution is 0.296. The summed E-state index contributed by atoms with van der Waals surface area (Å²) >= 11 is 0. The van der Waals surface area contributed by atoms with E-state index < -0.39 is 10.0 Å². The molecule has 2 aromatic heterocycles. The fraction of sp³-hybridized carbons (Fsp3) is 0.235. The van der Waals surface area contributed by atoms with E-state index in [1.165, 1.54) is 0 Å². The third kappa shape index (κ3) is 5.11. The first-order valence-electron chi connectivity index (χ1n) is 8.00. The van der Waals surface area contributed by atoms with Crippen molar-refractivity contribution < 1.29 is 13.2 Å². The summed E-state index contributed by atoms with van der Waals surface area (Å²) in [5.41, 5.74) is 0. The third-order valence-electron chi connectivity index (χ3n) is 3.41. The van der Waals surface area contributed by atoms with Crippen LogP contribution in [-0.2, 0) is 23.1 Å². The smallest absolute Gasteiger partial charge is 0.208 e. The lowest BCUT2D eigenvalue weighted by Gasteiger charge is -2.05. The van der Waals surface area contributed by atoms with Crippen LogP contribution in [0.15, 0.2) is 54.7 Å². The number of rotatable bonds is 8. The van der Waals surface area contributed by atoms with E-state index in [1.807, 2.05) is 48.5 Å². The first-order chi connectivity index (χ1) is 12.5. The summed E-state index contributed by atoms with van der Waals surface area (Å²) in [6.45, 7) is 0.430. The molecule has 0 saturated heterocycles. The van der Waals surface area contributed by atoms with Gasteiger partial charge in [0.1, 0.15) is 18.2 Å². The molecule has 0 amide bonds. The van der Waals surface area contributed by atoms with Crippen LogP contribution in [0.4, 0.5) is 0 Å². The van der Waals surface area contributed by atoms with Gasteiger partial charge in [0.15, 0.2) is 11.6 Å². The molecule has 0 aliphatic rings. The molecule has 1 aromatic carbocycles. The van der Waals surface area contributed by atoms with Gasteiger partial charge in [-0.25, -0.2) is 23.1 Å². The molecular formula is C17H19N5O3S. The van der Waals surface area contributed by atoms with Gasteiger partial charge in [0.2, 0.25) is 10.0 Å². The van der Waals surface area contributed by atoms with Crippen LogP contribution in [0, 0.1) is 0 Å². The fourth-order valence-corrected chi connectivity index (χ4v) is 2.76. The molecule has 0 spiro atoms. The summed E-state index contributed by atoms with van der Waals surface area (Å²) in [4.78, 5) is 8.75. The van der Waals surface area contributed by atoms with Gasteiger partial charge in [-0.15, -0.1) is 5.10 Å². The van der Waals surface area contributed by atoms with Crippen molar-refractivity contribution >= 4 is 10.0 Å². The van der Waals surface area contributed by atoms with Crippen LogP contribution in [-0.4, -0.2) is 41.0 Å². The van der Waals surface area contributed by atoms with Gasteiger partial charge in [-0.3, -0.25) is 0 Å². The highest BCUT2D eigenvalue weighted by Crippen LogP contribution is 2.12. The average molecular weight is 373 g/mol. The van der Waals surface area contributed by atoms with E-state index in [9.17, 15) is 8.42 Å². The molecule has 26 heavy (non-hydrogen) atoms. The van der Waals surface area contributed by atoms with Crippen LogP contribution < -0.4 is 9.46 Å². The second-order valence-corrected chi connectivity index (χ2v) is 7.40. The number of hydrogen-bond donors (Lipinski definition) is 1. The molecule has 0 bridgehead atoms. The molecule has 136 valence electrons. The summed E-state index contributed by atoms with van der Waals surface area (Å²) in [5.74, 6) is 2.43. The Labute approximate surface area is 151 Å². The Hall–Kier alpha value is -2.78. The van der Waals surface area contributed by atoms with Gasteiger partial charge < -0.3 is 4.74 Å². The number of benzene rings is 1. The largest absolute Gasteiger partial charge is 0.486 e. The summed E-state index contributed by atoms with van der Waals surface area (Å²) < 4.78 is 32.3. The SMILES string of the molecule is CS(=O)(=O)NCCc1nc(COc2ccccc2)nn1-c1ccccn1. The molecule has 0 aliphatic heterocycles. The van der Waals surface area contributed by atoms with Crippen LogP contribution in [0.1, 0.15) is 11.6 Å². The second-order valence-electron chi connectivity index (χ2n) is 5.56. The Kier molecular flexibility index (Phi) is 5.59. The van der Waals surface area contributed by atoms with Gasteiger partial charge >= 0.3 is 0 Å². The Bertz CT molecular complexity index is 943. The molecular weight excluding hydrogens is 354 g/mol. The summed E-state index contributed by atoms with van der Waals surface area (Å²) in [6, 6.07) is 14.9. The standard InChI is InChI=1S/C17H19N5O3S/c1-26(23,24)19-12-10-17-20-15(13-25-14-7-3-2-4-8-14)21-22(17)16-9-5-6-11-18-16/h2-9,11,19H,10,12-13H2,1H3. The van der Waals surface area contributed by atoms with E-state index in [0.717, 1.165) is 12.0 Å². The summed E-state index contributed by atoms with van der Waals surface area (Å²) in [5, 5.41) is 4.45. The van der Waals surface area contributed by atoms with Crippen LogP contribution in [0.3, 0.4) is 0 Å². The Morgan fingerprint density at radius 2 is 1.88 bits per heavy atom. The van der Waals surface area contributed by atoms with Crippen molar-refractivity contribution in [2.45, 2.75) is 13.0 Å². The Balaban J connectivity index is 1.78. The predicted molar refractivity (Wildman–Crippen MR) is 96.5 cm³/mol. The van der Waals surface area contributed by atoms with Crippen molar-refractivity contribution in [3.8, 4) is 11.6 Å². The number of sulfonamides is 1. The molecule has 3 aromatic rings. The van der Waals surface area contributed by atoms with E-state index >= 15 is 0 Å². The van der Waals surface area contributed by atoms with Crippen LogP contribution in [0.5, 0.6) is 5.75 Å². The minimum Gasteiger partial charge on any atom is -0.486 e. The zero-order chi connectivity index (χ0) is 18.4. The molecule has 0 saturated carbocycles. The molecule has 9 heteroatoms. The highest BCUT2D eigenvalue weighted by atomic mass is 32.2. The number of nitrogens with one attached hydrogen (secondary N) is 1. The maximum Gasteiger partial charge on any atom is 0.208 e. The number of nitrogens with zero attached hydrogens (tertiary/aromatic N) is 4. The average Bonchev–Trinajstić information content (AvgIpc) is 3.04. The second kappa shape index (κ2) is 8.07. The zero-order valence-electron chi connectivity index (χ0n) is 14.2. The van der Waals surface area contributed by atoms with Gasteiger partial charge in [-0.2, -0.15) is 4.68 Å². The zero-order valence-corrected chi connectivity index (χ0v) is 15.1. The number of para-hydroxylation sites is 1. The first kappa shape index (κ1) is 18.0. The molecule has 0 aliphatic carbocycles. The third-order valence-corrected chi connectivity index (χ3v) is 4.14. The number of pyridine rings is 1. The molecule has 2 heterocycles. The topological polar surface area (TPSA) is 99.0 Å². The Morgan fingerprint density at radius 3 is 2.58 bits per heavy atom. The van der Waals surface area contributed by atoms with E-state index in [2.05, 4.69) is 19.8 Å². The molecule has 3 rings (SSSR count). The summed E-state index contributed by atoms with van der Waals surface area (Å²) in [7, 11) is -3.26. The van der Waals surface area contributed by atoms with Crippen LogP contribution in [0.2, 0.25) is 0 Å². The molecule has 0 atom stereocenters.